The van der Waals surface area contributed by atoms with Crippen molar-refractivity contribution >= 4 is 26.0 Å². The molecule has 2 rings (SSSR count). The number of sulfonamides is 1. The molecule has 1 heterocycles. The Hall–Kier alpha value is -0.470. The maximum Gasteiger partial charge on any atom is 0.243 e. The minimum Gasteiger partial charge on any atom is -0.395 e. The highest BCUT2D eigenvalue weighted by molar-refractivity contribution is 9.10. The monoisotopic (exact) mass is 362 g/mol. The molecule has 1 atom stereocenters. The van der Waals surface area contributed by atoms with E-state index in [-0.39, 0.29) is 24.1 Å². The van der Waals surface area contributed by atoms with E-state index in [9.17, 15) is 8.42 Å². The zero-order valence-electron chi connectivity index (χ0n) is 11.1. The van der Waals surface area contributed by atoms with Gasteiger partial charge in [0.05, 0.1) is 11.5 Å². The summed E-state index contributed by atoms with van der Waals surface area (Å²) in [7, 11) is -3.57. The van der Waals surface area contributed by atoms with E-state index in [4.69, 9.17) is 5.11 Å². The topological polar surface area (TPSA) is 69.6 Å². The van der Waals surface area contributed by atoms with E-state index >= 15 is 0 Å². The fourth-order valence-electron chi connectivity index (χ4n) is 2.36. The van der Waals surface area contributed by atoms with Crippen molar-refractivity contribution < 1.29 is 13.5 Å². The van der Waals surface area contributed by atoms with Crippen LogP contribution in [0.1, 0.15) is 12.8 Å². The van der Waals surface area contributed by atoms with Crippen LogP contribution in [-0.4, -0.2) is 50.1 Å². The Bertz CT molecular complexity index is 544. The minimum atomic E-state index is -3.57. The van der Waals surface area contributed by atoms with Crippen molar-refractivity contribution in [1.29, 1.82) is 0 Å². The number of aliphatic hydroxyl groups is 1. The number of nitrogens with zero attached hydrogens (tertiary/aromatic N) is 1. The summed E-state index contributed by atoms with van der Waals surface area (Å²) in [6.45, 7) is 1.26. The summed E-state index contributed by atoms with van der Waals surface area (Å²) >= 11 is 3.29. The lowest BCUT2D eigenvalue weighted by Gasteiger charge is -2.24. The van der Waals surface area contributed by atoms with Crippen LogP contribution in [0.4, 0.5) is 0 Å². The van der Waals surface area contributed by atoms with E-state index in [1.54, 1.807) is 24.3 Å². The smallest absolute Gasteiger partial charge is 0.243 e. The molecule has 112 valence electrons. The first-order valence-corrected chi connectivity index (χ1v) is 8.87. The van der Waals surface area contributed by atoms with Crippen LogP contribution in [0.2, 0.25) is 0 Å². The summed E-state index contributed by atoms with van der Waals surface area (Å²) in [5, 5.41) is 12.4. The molecule has 0 aromatic heterocycles. The van der Waals surface area contributed by atoms with Crippen LogP contribution in [0.25, 0.3) is 0 Å². The highest BCUT2D eigenvalue weighted by atomic mass is 79.9. The lowest BCUT2D eigenvalue weighted by atomic mass is 10.2. The predicted octanol–water partition coefficient (Wildman–Crippen LogP) is 1.18. The summed E-state index contributed by atoms with van der Waals surface area (Å²) in [5.74, 6) is 0. The molecule has 1 aromatic carbocycles. The first kappa shape index (κ1) is 15.9. The van der Waals surface area contributed by atoms with Crippen molar-refractivity contribution in [3.63, 3.8) is 0 Å². The van der Waals surface area contributed by atoms with Gasteiger partial charge in [-0.25, -0.2) is 8.42 Å². The fourth-order valence-corrected chi connectivity index (χ4v) is 4.43. The average Bonchev–Trinajstić information content (AvgIpc) is 2.91. The Morgan fingerprint density at radius 2 is 2.25 bits per heavy atom. The highest BCUT2D eigenvalue weighted by Crippen LogP contribution is 2.21. The maximum atomic E-state index is 12.6. The Morgan fingerprint density at radius 3 is 2.85 bits per heavy atom. The second-order valence-corrected chi connectivity index (χ2v) is 7.69. The van der Waals surface area contributed by atoms with Gasteiger partial charge in [-0.15, -0.1) is 0 Å². The summed E-state index contributed by atoms with van der Waals surface area (Å²) in [6.07, 6.45) is 2.03. The van der Waals surface area contributed by atoms with Gasteiger partial charge in [-0.1, -0.05) is 22.0 Å². The molecule has 1 aliphatic rings. The Kier molecular flexibility index (Phi) is 5.57. The summed E-state index contributed by atoms with van der Waals surface area (Å²) in [5.41, 5.74) is 0. The number of rotatable bonds is 6. The predicted molar refractivity (Wildman–Crippen MR) is 81.0 cm³/mol. The quantitative estimate of drug-likeness (QED) is 0.797. The molecule has 1 aromatic rings. The molecule has 1 saturated heterocycles. The first-order valence-electron chi connectivity index (χ1n) is 6.64. The van der Waals surface area contributed by atoms with Crippen LogP contribution < -0.4 is 5.32 Å². The van der Waals surface area contributed by atoms with E-state index in [1.165, 1.54) is 4.31 Å². The highest BCUT2D eigenvalue weighted by Gasteiger charge is 2.28. The van der Waals surface area contributed by atoms with Crippen molar-refractivity contribution in [3.8, 4) is 0 Å². The number of hydrogen-bond acceptors (Lipinski definition) is 4. The average molecular weight is 363 g/mol. The van der Waals surface area contributed by atoms with Gasteiger partial charge in [0.2, 0.25) is 10.0 Å². The second kappa shape index (κ2) is 7.00. The molecule has 1 unspecified atom stereocenters. The SMILES string of the molecule is O=S(=O)(c1cccc(Br)c1)N(CCO)CC1CCCN1. The molecule has 0 aliphatic carbocycles. The number of aliphatic hydroxyl groups excluding tert-OH is 1. The fraction of sp³-hybridized carbons (Fsp3) is 0.538. The van der Waals surface area contributed by atoms with Crippen molar-refractivity contribution in [2.75, 3.05) is 26.2 Å². The molecule has 0 bridgehead atoms. The lowest BCUT2D eigenvalue weighted by molar-refractivity contribution is 0.246. The van der Waals surface area contributed by atoms with Crippen LogP contribution in [0.3, 0.4) is 0 Å². The summed E-state index contributed by atoms with van der Waals surface area (Å²) < 4.78 is 27.3. The standard InChI is InChI=1S/C13H19BrN2O3S/c14-11-3-1-5-13(9-11)20(18,19)16(7-8-17)10-12-4-2-6-15-12/h1,3,5,9,12,15,17H,2,4,6-8,10H2. The molecule has 0 saturated carbocycles. The Balaban J connectivity index is 2.21. The van der Waals surface area contributed by atoms with Crippen LogP contribution >= 0.6 is 15.9 Å². The third kappa shape index (κ3) is 3.79. The van der Waals surface area contributed by atoms with E-state index in [1.807, 2.05) is 0 Å². The zero-order valence-corrected chi connectivity index (χ0v) is 13.5. The molecule has 5 nitrogen and oxygen atoms in total. The number of halogens is 1. The Labute approximate surface area is 128 Å². The molecule has 20 heavy (non-hydrogen) atoms. The molecule has 0 amide bonds. The van der Waals surface area contributed by atoms with Gasteiger partial charge in [0.25, 0.3) is 0 Å². The minimum absolute atomic E-state index is 0.118. The van der Waals surface area contributed by atoms with Crippen LogP contribution in [0.15, 0.2) is 33.6 Å². The molecule has 0 radical (unpaired) electrons. The molecule has 7 heteroatoms. The first-order chi connectivity index (χ1) is 9.54. The molecular formula is C13H19BrN2O3S. The van der Waals surface area contributed by atoms with Gasteiger partial charge in [0.1, 0.15) is 0 Å². The molecule has 1 fully saturated rings. The van der Waals surface area contributed by atoms with Crippen LogP contribution in [-0.2, 0) is 10.0 Å². The van der Waals surface area contributed by atoms with Gasteiger partial charge in [-0.2, -0.15) is 4.31 Å². The van der Waals surface area contributed by atoms with E-state index in [0.717, 1.165) is 23.9 Å². The maximum absolute atomic E-state index is 12.6. The van der Waals surface area contributed by atoms with Gasteiger partial charge < -0.3 is 10.4 Å². The molecular weight excluding hydrogens is 344 g/mol. The van der Waals surface area contributed by atoms with Crippen molar-refractivity contribution in [2.45, 2.75) is 23.8 Å². The van der Waals surface area contributed by atoms with Gasteiger partial charge in [-0.05, 0) is 37.6 Å². The number of nitrogens with one attached hydrogen (secondary N) is 1. The lowest BCUT2D eigenvalue weighted by Crippen LogP contribution is -2.42. The normalized spacial score (nSPS) is 19.6. The van der Waals surface area contributed by atoms with Gasteiger partial charge in [-0.3, -0.25) is 0 Å². The van der Waals surface area contributed by atoms with E-state index in [0.29, 0.717) is 6.54 Å². The van der Waals surface area contributed by atoms with Crippen LogP contribution in [0.5, 0.6) is 0 Å². The van der Waals surface area contributed by atoms with Crippen molar-refractivity contribution in [1.82, 2.24) is 9.62 Å². The Morgan fingerprint density at radius 1 is 1.45 bits per heavy atom. The van der Waals surface area contributed by atoms with Crippen molar-refractivity contribution in [3.05, 3.63) is 28.7 Å². The van der Waals surface area contributed by atoms with Crippen LogP contribution in [0, 0.1) is 0 Å². The third-order valence-corrected chi connectivity index (χ3v) is 5.72. The third-order valence-electron chi connectivity index (χ3n) is 3.37. The molecule has 1 aliphatic heterocycles. The number of benzene rings is 1. The van der Waals surface area contributed by atoms with Gasteiger partial charge in [0, 0.05) is 23.6 Å². The summed E-state index contributed by atoms with van der Waals surface area (Å²) in [4.78, 5) is 0.248. The van der Waals surface area contributed by atoms with E-state index in [2.05, 4.69) is 21.2 Å². The zero-order chi connectivity index (χ0) is 14.6. The molecule has 2 N–H and O–H groups in total. The second-order valence-electron chi connectivity index (χ2n) is 4.84. The largest absolute Gasteiger partial charge is 0.395 e. The number of hydrogen-bond donors (Lipinski definition) is 2. The van der Waals surface area contributed by atoms with Gasteiger partial charge >= 0.3 is 0 Å². The molecule has 0 spiro atoms. The summed E-state index contributed by atoms with van der Waals surface area (Å²) in [6, 6.07) is 6.81. The van der Waals surface area contributed by atoms with E-state index < -0.39 is 10.0 Å². The van der Waals surface area contributed by atoms with Crippen molar-refractivity contribution in [2.24, 2.45) is 0 Å². The van der Waals surface area contributed by atoms with Gasteiger partial charge in [0.15, 0.2) is 0 Å².